The third-order valence-corrected chi connectivity index (χ3v) is 7.97. The van der Waals surface area contributed by atoms with Crippen LogP contribution in [0.3, 0.4) is 0 Å². The fourth-order valence-electron chi connectivity index (χ4n) is 5.34. The number of nitrogens with zero attached hydrogens (tertiary/aromatic N) is 2. The van der Waals surface area contributed by atoms with Crippen LogP contribution < -0.4 is 10.0 Å². The largest absolute Gasteiger partial charge is 0.333 e. The van der Waals surface area contributed by atoms with Gasteiger partial charge < -0.3 is 5.32 Å². The van der Waals surface area contributed by atoms with E-state index in [0.717, 1.165) is 63.5 Å². The van der Waals surface area contributed by atoms with Crippen molar-refractivity contribution in [1.29, 1.82) is 0 Å². The molecule has 0 fully saturated rings. The number of aromatic nitrogens is 2. The molecule has 30 heavy (non-hydrogen) atoms. The van der Waals surface area contributed by atoms with Crippen molar-refractivity contribution in [3.63, 3.8) is 0 Å². The molecule has 2 aromatic rings. The Hall–Kier alpha value is -2.35. The van der Waals surface area contributed by atoms with Gasteiger partial charge in [-0.15, -0.1) is 0 Å². The van der Waals surface area contributed by atoms with E-state index in [0.29, 0.717) is 12.5 Å². The lowest BCUT2D eigenvalue weighted by Crippen LogP contribution is -2.35. The van der Waals surface area contributed by atoms with Gasteiger partial charge in [-0.05, 0) is 79.2 Å². The summed E-state index contributed by atoms with van der Waals surface area (Å²) in [6.07, 6.45) is 12.4. The number of nitrogens with one attached hydrogen (secondary N) is 2. The first-order valence-electron chi connectivity index (χ1n) is 11.1. The minimum atomic E-state index is -4.01. The number of fused-ring (bicyclic) bond motifs is 4. The molecule has 0 radical (unpaired) electrons. The highest BCUT2D eigenvalue weighted by atomic mass is 32.2. The van der Waals surface area contributed by atoms with Crippen LogP contribution in [-0.4, -0.2) is 24.2 Å². The van der Waals surface area contributed by atoms with Gasteiger partial charge in [-0.1, -0.05) is 25.3 Å². The zero-order valence-electron chi connectivity index (χ0n) is 17.1. The molecular weight excluding hydrogens is 400 g/mol. The minimum absolute atomic E-state index is 0.119. The van der Waals surface area contributed by atoms with Gasteiger partial charge in [-0.25, -0.2) is 9.52 Å². The number of benzene rings is 1. The molecule has 1 unspecified atom stereocenters. The number of carbonyl (C=O) groups is 1. The van der Waals surface area contributed by atoms with Crippen molar-refractivity contribution in [3.8, 4) is 0 Å². The Balaban J connectivity index is 1.52. The summed E-state index contributed by atoms with van der Waals surface area (Å²) in [7, 11) is -4.01. The van der Waals surface area contributed by atoms with Crippen molar-refractivity contribution in [1.82, 2.24) is 14.5 Å². The molecule has 8 heteroatoms. The highest BCUT2D eigenvalue weighted by molar-refractivity contribution is 7.90. The Morgan fingerprint density at radius 3 is 2.77 bits per heavy atom. The van der Waals surface area contributed by atoms with E-state index in [4.69, 9.17) is 0 Å². The van der Waals surface area contributed by atoms with Gasteiger partial charge in [0.05, 0.1) is 0 Å². The molecule has 5 rings (SSSR count). The van der Waals surface area contributed by atoms with Gasteiger partial charge in [0.1, 0.15) is 0 Å². The molecule has 2 heterocycles. The van der Waals surface area contributed by atoms with E-state index in [9.17, 15) is 13.2 Å². The van der Waals surface area contributed by atoms with Crippen LogP contribution in [0.1, 0.15) is 73.1 Å². The standard InChI is InChI=1S/C22H28N4O3S/c27-22-23-21-18-8-5-7-16(18)14-17-10-9-15(20(17)21)6-3-1-2-4-12-26-13-11-19(24-26)30(28,29)25-22/h11,13-15H,1-10,12H2,(H2,23,25,27). The van der Waals surface area contributed by atoms with Gasteiger partial charge in [0.15, 0.2) is 5.03 Å². The van der Waals surface area contributed by atoms with Gasteiger partial charge in [0, 0.05) is 18.4 Å². The average molecular weight is 429 g/mol. The van der Waals surface area contributed by atoms with E-state index >= 15 is 0 Å². The van der Waals surface area contributed by atoms with Crippen LogP contribution in [0.5, 0.6) is 0 Å². The highest BCUT2D eigenvalue weighted by Gasteiger charge is 2.31. The lowest BCUT2D eigenvalue weighted by molar-refractivity contribution is 0.256. The Morgan fingerprint density at radius 1 is 1.00 bits per heavy atom. The summed E-state index contributed by atoms with van der Waals surface area (Å²) in [6, 6.07) is 3.08. The maximum absolute atomic E-state index is 12.8. The molecule has 1 aliphatic heterocycles. The number of urea groups is 1. The summed E-state index contributed by atoms with van der Waals surface area (Å²) in [5.41, 5.74) is 5.95. The number of anilines is 1. The Morgan fingerprint density at radius 2 is 1.87 bits per heavy atom. The van der Waals surface area contributed by atoms with E-state index in [2.05, 4.69) is 21.2 Å². The molecule has 2 amide bonds. The molecule has 0 spiro atoms. The molecule has 160 valence electrons. The molecule has 7 nitrogen and oxygen atoms in total. The van der Waals surface area contributed by atoms with Gasteiger partial charge in [-0.3, -0.25) is 4.68 Å². The first-order valence-corrected chi connectivity index (χ1v) is 12.5. The van der Waals surface area contributed by atoms with Gasteiger partial charge in [-0.2, -0.15) is 13.5 Å². The second-order valence-corrected chi connectivity index (χ2v) is 10.4. The van der Waals surface area contributed by atoms with Crippen molar-refractivity contribution in [2.75, 3.05) is 5.32 Å². The number of carbonyl (C=O) groups excluding carboxylic acids is 1. The Kier molecular flexibility index (Phi) is 5.05. The lowest BCUT2D eigenvalue weighted by atomic mass is 9.90. The van der Waals surface area contributed by atoms with Crippen LogP contribution >= 0.6 is 0 Å². The van der Waals surface area contributed by atoms with Crippen molar-refractivity contribution < 1.29 is 13.2 Å². The Bertz CT molecular complexity index is 1090. The highest BCUT2D eigenvalue weighted by Crippen LogP contribution is 2.46. The molecular formula is C22H28N4O3S. The quantitative estimate of drug-likeness (QED) is 0.666. The number of rotatable bonds is 0. The van der Waals surface area contributed by atoms with Crippen LogP contribution in [0.15, 0.2) is 23.4 Å². The number of aryl methyl sites for hydroxylation is 3. The van der Waals surface area contributed by atoms with Crippen molar-refractivity contribution >= 4 is 21.7 Å². The summed E-state index contributed by atoms with van der Waals surface area (Å²) < 4.78 is 29.2. The Labute approximate surface area is 177 Å². The van der Waals surface area contributed by atoms with Crippen LogP contribution in [0.4, 0.5) is 10.5 Å². The van der Waals surface area contributed by atoms with Crippen molar-refractivity contribution in [2.24, 2.45) is 0 Å². The molecule has 1 aromatic carbocycles. The fraction of sp³-hybridized carbons (Fsp3) is 0.545. The first kappa shape index (κ1) is 19.6. The van der Waals surface area contributed by atoms with E-state index in [-0.39, 0.29) is 5.03 Å². The maximum atomic E-state index is 12.8. The summed E-state index contributed by atoms with van der Waals surface area (Å²) in [4.78, 5) is 12.8. The van der Waals surface area contributed by atoms with Gasteiger partial charge in [0.25, 0.3) is 10.0 Å². The average Bonchev–Trinajstić information content (AvgIpc) is 3.43. The second kappa shape index (κ2) is 7.72. The number of hydrogen-bond acceptors (Lipinski definition) is 4. The molecule has 1 atom stereocenters. The van der Waals surface area contributed by atoms with E-state index in [1.807, 2.05) is 0 Å². The number of amides is 2. The summed E-state index contributed by atoms with van der Waals surface area (Å²) in [5.74, 6) is 0.441. The summed E-state index contributed by atoms with van der Waals surface area (Å²) in [6.45, 7) is 0.685. The SMILES string of the molecule is O=C1Nc2c3c(cc4c2C(CCCCCCn2ccc(n2)S(=O)(=O)N1)CC4)CCC3. The zero-order chi connectivity index (χ0) is 20.7. The predicted molar refractivity (Wildman–Crippen MR) is 114 cm³/mol. The van der Waals surface area contributed by atoms with Gasteiger partial charge >= 0.3 is 6.03 Å². The zero-order valence-corrected chi connectivity index (χ0v) is 17.9. The summed E-state index contributed by atoms with van der Waals surface area (Å²) in [5, 5.41) is 6.98. The molecule has 1 aromatic heterocycles. The van der Waals surface area contributed by atoms with E-state index < -0.39 is 16.1 Å². The molecule has 0 saturated carbocycles. The van der Waals surface area contributed by atoms with E-state index in [1.165, 1.54) is 34.7 Å². The molecule has 3 aliphatic rings. The second-order valence-electron chi connectivity index (χ2n) is 8.73. The lowest BCUT2D eigenvalue weighted by Gasteiger charge is -2.20. The molecule has 2 N–H and O–H groups in total. The number of hydrogen-bond donors (Lipinski definition) is 2. The minimum Gasteiger partial charge on any atom is -0.307 e. The monoisotopic (exact) mass is 428 g/mol. The maximum Gasteiger partial charge on any atom is 0.333 e. The van der Waals surface area contributed by atoms with Crippen LogP contribution in [0.2, 0.25) is 0 Å². The molecule has 2 aliphatic carbocycles. The molecule has 0 saturated heterocycles. The smallest absolute Gasteiger partial charge is 0.307 e. The predicted octanol–water partition coefficient (Wildman–Crippen LogP) is 3.88. The fourth-order valence-corrected chi connectivity index (χ4v) is 6.20. The third kappa shape index (κ3) is 3.62. The van der Waals surface area contributed by atoms with Crippen molar-refractivity contribution in [2.45, 2.75) is 81.7 Å². The topological polar surface area (TPSA) is 93.1 Å². The van der Waals surface area contributed by atoms with E-state index in [1.54, 1.807) is 10.9 Å². The van der Waals surface area contributed by atoms with Crippen LogP contribution in [-0.2, 0) is 35.8 Å². The molecule has 2 bridgehead atoms. The normalized spacial score (nSPS) is 23.3. The first-order chi connectivity index (χ1) is 14.5. The third-order valence-electron chi connectivity index (χ3n) is 6.74. The van der Waals surface area contributed by atoms with Crippen molar-refractivity contribution in [3.05, 3.63) is 40.6 Å². The van der Waals surface area contributed by atoms with Crippen LogP contribution in [0, 0.1) is 0 Å². The van der Waals surface area contributed by atoms with Gasteiger partial charge in [0.2, 0.25) is 0 Å². The summed E-state index contributed by atoms with van der Waals surface area (Å²) >= 11 is 0. The van der Waals surface area contributed by atoms with Crippen LogP contribution in [0.25, 0.3) is 0 Å². The number of sulfonamides is 1.